The van der Waals surface area contributed by atoms with E-state index < -0.39 is 0 Å². The van der Waals surface area contributed by atoms with Crippen molar-refractivity contribution >= 4 is 34.0 Å². The van der Waals surface area contributed by atoms with Crippen molar-refractivity contribution in [3.8, 4) is 10.6 Å². The molecule has 1 amide bonds. The van der Waals surface area contributed by atoms with Gasteiger partial charge in [0.1, 0.15) is 11.6 Å². The highest BCUT2D eigenvalue weighted by Gasteiger charge is 2.10. The van der Waals surface area contributed by atoms with Crippen molar-refractivity contribution in [1.82, 2.24) is 20.3 Å². The molecular formula is C19H22N6OS. The Bertz CT molecular complexity index is 926. The summed E-state index contributed by atoms with van der Waals surface area (Å²) in [5.74, 6) is 1.47. The molecule has 3 heterocycles. The number of carbonyl (C=O) groups is 1. The van der Waals surface area contributed by atoms with E-state index in [2.05, 4.69) is 25.6 Å². The topological polar surface area (TPSA) is 83.0 Å². The van der Waals surface area contributed by atoms with Crippen LogP contribution in [0.2, 0.25) is 0 Å². The van der Waals surface area contributed by atoms with Gasteiger partial charge in [-0.1, -0.05) is 17.4 Å². The van der Waals surface area contributed by atoms with E-state index in [4.69, 9.17) is 0 Å². The molecular weight excluding hydrogens is 360 g/mol. The molecule has 27 heavy (non-hydrogen) atoms. The van der Waals surface area contributed by atoms with E-state index in [1.807, 2.05) is 55.4 Å². The fourth-order valence-corrected chi connectivity index (χ4v) is 3.31. The fourth-order valence-electron chi connectivity index (χ4n) is 2.43. The van der Waals surface area contributed by atoms with Crippen molar-refractivity contribution in [2.45, 2.75) is 13.8 Å². The second kappa shape index (κ2) is 8.59. The Kier molecular flexibility index (Phi) is 5.97. The highest BCUT2D eigenvalue weighted by molar-refractivity contribution is 7.18. The molecule has 0 saturated carbocycles. The number of aryl methyl sites for hydroxylation is 1. The zero-order chi connectivity index (χ0) is 19.2. The number of thiazole rings is 1. The van der Waals surface area contributed by atoms with Crippen LogP contribution in [-0.2, 0) is 4.79 Å². The number of nitrogens with one attached hydrogen (secondary N) is 2. The van der Waals surface area contributed by atoms with Crippen molar-refractivity contribution in [1.29, 1.82) is 0 Å². The van der Waals surface area contributed by atoms with Crippen LogP contribution in [0.1, 0.15) is 12.5 Å². The van der Waals surface area contributed by atoms with Gasteiger partial charge in [-0.3, -0.25) is 4.79 Å². The summed E-state index contributed by atoms with van der Waals surface area (Å²) in [6, 6.07) is 9.76. The molecule has 0 aliphatic carbocycles. The maximum absolute atomic E-state index is 11.0. The molecule has 0 aliphatic heterocycles. The number of rotatable bonds is 7. The van der Waals surface area contributed by atoms with Crippen molar-refractivity contribution in [3.63, 3.8) is 0 Å². The van der Waals surface area contributed by atoms with Gasteiger partial charge < -0.3 is 15.5 Å². The zero-order valence-electron chi connectivity index (χ0n) is 15.6. The fraction of sp³-hybridized carbons (Fsp3) is 0.263. The largest absolute Gasteiger partial charge is 0.355 e. The van der Waals surface area contributed by atoms with E-state index in [0.717, 1.165) is 32.9 Å². The van der Waals surface area contributed by atoms with Crippen LogP contribution in [0.15, 0.2) is 42.7 Å². The molecule has 3 aromatic heterocycles. The lowest BCUT2D eigenvalue weighted by molar-refractivity contribution is -0.118. The second-order valence-corrected chi connectivity index (χ2v) is 7.17. The normalized spacial score (nSPS) is 10.5. The van der Waals surface area contributed by atoms with Crippen molar-refractivity contribution in [2.24, 2.45) is 0 Å². The summed E-state index contributed by atoms with van der Waals surface area (Å²) in [4.78, 5) is 27.4. The number of likely N-dealkylation sites (N-methyl/N-ethyl adjacent to an activating group) is 1. The predicted octanol–water partition coefficient (Wildman–Crippen LogP) is 3.22. The maximum atomic E-state index is 11.0. The van der Waals surface area contributed by atoms with E-state index in [9.17, 15) is 4.79 Å². The minimum atomic E-state index is -0.0279. The first-order chi connectivity index (χ1) is 13.0. The van der Waals surface area contributed by atoms with Crippen LogP contribution in [0.5, 0.6) is 0 Å². The Hall–Kier alpha value is -3.00. The van der Waals surface area contributed by atoms with Gasteiger partial charge in [-0.15, -0.1) is 0 Å². The van der Waals surface area contributed by atoms with Crippen molar-refractivity contribution in [3.05, 3.63) is 48.3 Å². The molecule has 8 heteroatoms. The summed E-state index contributed by atoms with van der Waals surface area (Å²) in [6.45, 7) is 4.82. The molecule has 3 aromatic rings. The van der Waals surface area contributed by atoms with Crippen molar-refractivity contribution in [2.75, 3.05) is 30.4 Å². The lowest BCUT2D eigenvalue weighted by atomic mass is 10.3. The van der Waals surface area contributed by atoms with Crippen LogP contribution in [0, 0.1) is 6.92 Å². The predicted molar refractivity (Wildman–Crippen MR) is 110 cm³/mol. The maximum Gasteiger partial charge on any atom is 0.216 e. The lowest BCUT2D eigenvalue weighted by Crippen LogP contribution is -2.31. The molecule has 2 N–H and O–H groups in total. The SMILES string of the molecule is CC(=O)NCCN(C)c1ncc(-c2cccc(Nc3cc(C)ccn3)n2)s1. The summed E-state index contributed by atoms with van der Waals surface area (Å²) >= 11 is 1.57. The number of carbonyl (C=O) groups excluding carboxylic acids is 1. The Labute approximate surface area is 162 Å². The van der Waals surface area contributed by atoms with Crippen LogP contribution in [-0.4, -0.2) is 41.0 Å². The minimum Gasteiger partial charge on any atom is -0.355 e. The van der Waals surface area contributed by atoms with E-state index >= 15 is 0 Å². The Morgan fingerprint density at radius 2 is 2.07 bits per heavy atom. The summed E-state index contributed by atoms with van der Waals surface area (Å²) in [6.07, 6.45) is 3.60. The molecule has 7 nitrogen and oxygen atoms in total. The highest BCUT2D eigenvalue weighted by atomic mass is 32.1. The van der Waals surface area contributed by atoms with Crippen LogP contribution in [0.3, 0.4) is 0 Å². The van der Waals surface area contributed by atoms with Gasteiger partial charge in [-0.2, -0.15) is 0 Å². The van der Waals surface area contributed by atoms with E-state index in [0.29, 0.717) is 13.1 Å². The third kappa shape index (κ3) is 5.24. The molecule has 0 radical (unpaired) electrons. The molecule has 140 valence electrons. The third-order valence-electron chi connectivity index (χ3n) is 3.81. The van der Waals surface area contributed by atoms with Gasteiger partial charge in [0, 0.05) is 39.5 Å². The van der Waals surface area contributed by atoms with Crippen LogP contribution in [0.4, 0.5) is 16.8 Å². The number of nitrogens with zero attached hydrogens (tertiary/aromatic N) is 4. The number of hydrogen-bond acceptors (Lipinski definition) is 7. The van der Waals surface area contributed by atoms with Gasteiger partial charge in [-0.05, 0) is 36.8 Å². The van der Waals surface area contributed by atoms with E-state index in [-0.39, 0.29) is 5.91 Å². The molecule has 0 aliphatic rings. The number of pyridine rings is 2. The summed E-state index contributed by atoms with van der Waals surface area (Å²) in [7, 11) is 1.96. The third-order valence-corrected chi connectivity index (χ3v) is 4.95. The van der Waals surface area contributed by atoms with Gasteiger partial charge in [-0.25, -0.2) is 15.0 Å². The van der Waals surface area contributed by atoms with Gasteiger partial charge in [0.25, 0.3) is 0 Å². The molecule has 0 fully saturated rings. The second-order valence-electron chi connectivity index (χ2n) is 6.16. The van der Waals surface area contributed by atoms with Gasteiger partial charge in [0.05, 0.1) is 10.6 Å². The first kappa shape index (κ1) is 18.8. The average molecular weight is 382 g/mol. The van der Waals surface area contributed by atoms with E-state index in [1.54, 1.807) is 17.5 Å². The monoisotopic (exact) mass is 382 g/mol. The Morgan fingerprint density at radius 1 is 1.22 bits per heavy atom. The number of anilines is 3. The first-order valence-electron chi connectivity index (χ1n) is 8.60. The first-order valence-corrected chi connectivity index (χ1v) is 9.41. The zero-order valence-corrected chi connectivity index (χ0v) is 16.4. The minimum absolute atomic E-state index is 0.0279. The molecule has 0 atom stereocenters. The van der Waals surface area contributed by atoms with Gasteiger partial charge in [0.15, 0.2) is 5.13 Å². The summed E-state index contributed by atoms with van der Waals surface area (Å²) in [5, 5.41) is 6.91. The summed E-state index contributed by atoms with van der Waals surface area (Å²) in [5.41, 5.74) is 1.99. The Morgan fingerprint density at radius 3 is 2.85 bits per heavy atom. The van der Waals surface area contributed by atoms with Crippen molar-refractivity contribution < 1.29 is 4.79 Å². The smallest absolute Gasteiger partial charge is 0.216 e. The Balaban J connectivity index is 1.70. The molecule has 0 saturated heterocycles. The number of amides is 1. The highest BCUT2D eigenvalue weighted by Crippen LogP contribution is 2.30. The summed E-state index contributed by atoms with van der Waals surface area (Å²) < 4.78 is 0. The molecule has 0 unspecified atom stereocenters. The van der Waals surface area contributed by atoms with Gasteiger partial charge in [0.2, 0.25) is 5.91 Å². The number of aromatic nitrogens is 3. The van der Waals surface area contributed by atoms with Crippen LogP contribution >= 0.6 is 11.3 Å². The molecule has 0 spiro atoms. The van der Waals surface area contributed by atoms with Crippen LogP contribution in [0.25, 0.3) is 10.6 Å². The lowest BCUT2D eigenvalue weighted by Gasteiger charge is -2.15. The molecule has 3 rings (SSSR count). The average Bonchev–Trinajstić information content (AvgIpc) is 3.12. The molecule has 0 bridgehead atoms. The van der Waals surface area contributed by atoms with E-state index in [1.165, 1.54) is 6.92 Å². The van der Waals surface area contributed by atoms with Crippen LogP contribution < -0.4 is 15.5 Å². The molecule has 0 aromatic carbocycles. The van der Waals surface area contributed by atoms with Gasteiger partial charge >= 0.3 is 0 Å². The number of hydrogen-bond donors (Lipinski definition) is 2. The standard InChI is InChI=1S/C19H22N6OS/c1-13-7-8-21-18(11-13)24-17-6-4-5-15(23-17)16-12-22-19(27-16)25(3)10-9-20-14(2)26/h4-8,11-12H,9-10H2,1-3H3,(H,20,26)(H,21,23,24). The quantitative estimate of drug-likeness (QED) is 0.653.